The van der Waals surface area contributed by atoms with Crippen molar-refractivity contribution in [2.75, 3.05) is 6.26 Å². The van der Waals surface area contributed by atoms with Crippen molar-refractivity contribution in [3.05, 3.63) is 15.5 Å². The molecule has 4 nitrogen and oxygen atoms in total. The standard InChI is InChI=1S/C6H4ClN3OS2/c1-13(10-3-8)5(11)4-2-9-6(7)12-4/h2H,1H3. The minimum atomic E-state index is -0.916. The molecule has 1 aromatic rings. The number of nitrogens with zero attached hydrogens (tertiary/aromatic N) is 3. The van der Waals surface area contributed by atoms with Crippen LogP contribution in [0.2, 0.25) is 4.47 Å². The first-order chi connectivity index (χ1) is 6.15. The van der Waals surface area contributed by atoms with Crippen LogP contribution in [-0.2, 0) is 10.7 Å². The van der Waals surface area contributed by atoms with E-state index in [-0.39, 0.29) is 5.12 Å². The van der Waals surface area contributed by atoms with Crippen molar-refractivity contribution in [2.45, 2.75) is 0 Å². The normalized spacial score (nSPS) is 12.4. The van der Waals surface area contributed by atoms with E-state index in [4.69, 9.17) is 16.9 Å². The first-order valence-corrected chi connectivity index (χ1v) is 5.85. The number of hydrogen-bond donors (Lipinski definition) is 0. The fourth-order valence-electron chi connectivity index (χ4n) is 0.595. The Bertz CT molecular complexity index is 406. The molecule has 0 aromatic carbocycles. The molecule has 68 valence electrons. The molecule has 1 atom stereocenters. The molecule has 0 amide bonds. The van der Waals surface area contributed by atoms with Gasteiger partial charge < -0.3 is 0 Å². The summed E-state index contributed by atoms with van der Waals surface area (Å²) in [5.74, 6) is 0. The Balaban J connectivity index is 2.93. The zero-order valence-corrected chi connectivity index (χ0v) is 8.91. The monoisotopic (exact) mass is 233 g/mol. The number of hydrogen-bond acceptors (Lipinski definition) is 5. The van der Waals surface area contributed by atoms with Gasteiger partial charge in [0.2, 0.25) is 11.3 Å². The largest absolute Gasteiger partial charge is 0.280 e. The second-order valence-electron chi connectivity index (χ2n) is 1.93. The van der Waals surface area contributed by atoms with Crippen molar-refractivity contribution in [3.8, 4) is 6.19 Å². The van der Waals surface area contributed by atoms with Crippen LogP contribution in [0.25, 0.3) is 0 Å². The fourth-order valence-corrected chi connectivity index (χ4v) is 2.41. The summed E-state index contributed by atoms with van der Waals surface area (Å²) in [5.41, 5.74) is 0. The second-order valence-corrected chi connectivity index (χ2v) is 5.06. The van der Waals surface area contributed by atoms with E-state index >= 15 is 0 Å². The molecule has 1 aromatic heterocycles. The molecule has 0 bridgehead atoms. The summed E-state index contributed by atoms with van der Waals surface area (Å²) in [6, 6.07) is 0. The van der Waals surface area contributed by atoms with Crippen LogP contribution < -0.4 is 0 Å². The van der Waals surface area contributed by atoms with E-state index in [9.17, 15) is 4.79 Å². The van der Waals surface area contributed by atoms with Crippen LogP contribution in [0.15, 0.2) is 10.6 Å². The summed E-state index contributed by atoms with van der Waals surface area (Å²) in [4.78, 5) is 15.6. The van der Waals surface area contributed by atoms with Crippen LogP contribution in [0.3, 0.4) is 0 Å². The Morgan fingerprint density at radius 3 is 3.08 bits per heavy atom. The predicted octanol–water partition coefficient (Wildman–Crippen LogP) is 1.85. The van der Waals surface area contributed by atoms with E-state index in [1.165, 1.54) is 6.20 Å². The average molecular weight is 234 g/mol. The van der Waals surface area contributed by atoms with Gasteiger partial charge in [-0.15, -0.1) is 4.36 Å². The highest BCUT2D eigenvalue weighted by Crippen LogP contribution is 2.19. The second kappa shape index (κ2) is 4.46. The molecule has 7 heteroatoms. The molecule has 0 radical (unpaired) electrons. The van der Waals surface area contributed by atoms with E-state index in [1.807, 2.05) is 0 Å². The molecular formula is C6H4ClN3OS2. The lowest BCUT2D eigenvalue weighted by molar-refractivity contribution is 0.109. The van der Waals surface area contributed by atoms with Gasteiger partial charge >= 0.3 is 0 Å². The van der Waals surface area contributed by atoms with Crippen molar-refractivity contribution >= 4 is 38.7 Å². The molecule has 0 aliphatic rings. The first kappa shape index (κ1) is 10.3. The molecule has 0 saturated carbocycles. The van der Waals surface area contributed by atoms with Crippen molar-refractivity contribution in [1.29, 1.82) is 5.26 Å². The summed E-state index contributed by atoms with van der Waals surface area (Å²) in [6.45, 7) is 0. The number of halogens is 1. The summed E-state index contributed by atoms with van der Waals surface area (Å²) in [7, 11) is -0.916. The zero-order valence-electron chi connectivity index (χ0n) is 6.52. The van der Waals surface area contributed by atoms with E-state index in [1.54, 1.807) is 12.4 Å². The molecule has 0 aliphatic carbocycles. The molecule has 13 heavy (non-hydrogen) atoms. The van der Waals surface area contributed by atoms with Gasteiger partial charge in [-0.3, -0.25) is 4.79 Å². The summed E-state index contributed by atoms with van der Waals surface area (Å²) >= 11 is 6.64. The molecule has 0 saturated heterocycles. The van der Waals surface area contributed by atoms with Gasteiger partial charge in [0.25, 0.3) is 0 Å². The van der Waals surface area contributed by atoms with Crippen molar-refractivity contribution in [2.24, 2.45) is 4.36 Å². The number of thiazole rings is 1. The Labute approximate surface area is 86.3 Å². The van der Waals surface area contributed by atoms with Crippen molar-refractivity contribution in [1.82, 2.24) is 4.98 Å². The van der Waals surface area contributed by atoms with E-state index < -0.39 is 10.7 Å². The Kier molecular flexibility index (Phi) is 3.54. The minimum Gasteiger partial charge on any atom is -0.280 e. The zero-order chi connectivity index (χ0) is 9.84. The SMILES string of the molecule is CS(=NC#N)C(=O)c1cnc(Cl)s1. The van der Waals surface area contributed by atoms with Crippen molar-refractivity contribution < 1.29 is 4.79 Å². The number of aromatic nitrogens is 1. The quantitative estimate of drug-likeness (QED) is 0.696. The highest BCUT2D eigenvalue weighted by molar-refractivity contribution is 8.02. The Morgan fingerprint density at radius 1 is 1.92 bits per heavy atom. The number of nitriles is 1. The van der Waals surface area contributed by atoms with Crippen molar-refractivity contribution in [3.63, 3.8) is 0 Å². The number of rotatable bonds is 1. The Hall–Kier alpha value is -0.770. The van der Waals surface area contributed by atoms with E-state index in [0.717, 1.165) is 11.3 Å². The molecular weight excluding hydrogens is 230 g/mol. The fraction of sp³-hybridized carbons (Fsp3) is 0.167. The highest BCUT2D eigenvalue weighted by atomic mass is 35.5. The van der Waals surface area contributed by atoms with Gasteiger partial charge in [0.15, 0.2) is 4.47 Å². The summed E-state index contributed by atoms with van der Waals surface area (Å²) in [6.07, 6.45) is 4.57. The van der Waals surface area contributed by atoms with Crippen LogP contribution >= 0.6 is 22.9 Å². The first-order valence-electron chi connectivity index (χ1n) is 3.06. The smallest absolute Gasteiger partial charge is 0.242 e. The van der Waals surface area contributed by atoms with Gasteiger partial charge in [0.1, 0.15) is 4.88 Å². The lowest BCUT2D eigenvalue weighted by Gasteiger charge is -1.92. The van der Waals surface area contributed by atoms with Gasteiger partial charge in [-0.2, -0.15) is 5.26 Å². The highest BCUT2D eigenvalue weighted by Gasteiger charge is 2.11. The number of carbonyl (C=O) groups is 1. The third kappa shape index (κ3) is 2.59. The average Bonchev–Trinajstić information content (AvgIpc) is 2.51. The molecule has 0 N–H and O–H groups in total. The van der Waals surface area contributed by atoms with Gasteiger partial charge in [0.05, 0.1) is 6.20 Å². The lowest BCUT2D eigenvalue weighted by atomic mass is 10.6. The van der Waals surface area contributed by atoms with Gasteiger partial charge in [-0.1, -0.05) is 22.9 Å². The summed E-state index contributed by atoms with van der Waals surface area (Å²) < 4.78 is 3.75. The molecule has 0 fully saturated rings. The molecule has 1 heterocycles. The van der Waals surface area contributed by atoms with Gasteiger partial charge in [-0.05, 0) is 10.7 Å². The predicted molar refractivity (Wildman–Crippen MR) is 52.8 cm³/mol. The molecule has 0 spiro atoms. The van der Waals surface area contributed by atoms with E-state index in [2.05, 4.69) is 9.35 Å². The van der Waals surface area contributed by atoms with Crippen LogP contribution in [0.4, 0.5) is 0 Å². The molecule has 0 aliphatic heterocycles. The lowest BCUT2D eigenvalue weighted by Crippen LogP contribution is -2.02. The van der Waals surface area contributed by atoms with E-state index in [0.29, 0.717) is 9.34 Å². The third-order valence-corrected chi connectivity index (χ3v) is 3.48. The molecule has 1 rings (SSSR count). The minimum absolute atomic E-state index is 0.203. The van der Waals surface area contributed by atoms with Crippen LogP contribution in [0, 0.1) is 11.5 Å². The third-order valence-electron chi connectivity index (χ3n) is 1.12. The van der Waals surface area contributed by atoms with Gasteiger partial charge in [-0.25, -0.2) is 4.98 Å². The van der Waals surface area contributed by atoms with Crippen LogP contribution in [-0.4, -0.2) is 16.4 Å². The maximum Gasteiger partial charge on any atom is 0.242 e. The Morgan fingerprint density at radius 2 is 2.62 bits per heavy atom. The van der Waals surface area contributed by atoms with Crippen LogP contribution in [0.5, 0.6) is 0 Å². The number of carbonyl (C=O) groups excluding carboxylic acids is 1. The molecule has 1 unspecified atom stereocenters. The summed E-state index contributed by atoms with van der Waals surface area (Å²) in [5, 5.41) is 8.03. The van der Waals surface area contributed by atoms with Gasteiger partial charge in [0, 0.05) is 6.26 Å². The topological polar surface area (TPSA) is 66.1 Å². The van der Waals surface area contributed by atoms with Crippen LogP contribution in [0.1, 0.15) is 9.67 Å². The maximum atomic E-state index is 11.4. The maximum absolute atomic E-state index is 11.4.